The first-order chi connectivity index (χ1) is 6.95. The largest absolute Gasteiger partial charge is 0.442 e. The molecule has 0 rings (SSSR count). The van der Waals surface area contributed by atoms with Crippen LogP contribution in [0.2, 0.25) is 0 Å². The first kappa shape index (κ1) is 14.7. The van der Waals surface area contributed by atoms with Crippen molar-refractivity contribution < 1.29 is 19.1 Å². The maximum Gasteiger partial charge on any atom is 0.431 e. The Morgan fingerprint density at radius 2 is 1.93 bits per heavy atom. The number of rotatable bonds is 6. The van der Waals surface area contributed by atoms with Crippen molar-refractivity contribution in [2.75, 3.05) is 25.2 Å². The summed E-state index contributed by atoms with van der Waals surface area (Å²) in [7, 11) is 0. The molecule has 6 heteroatoms. The molecule has 0 unspecified atom stereocenters. The van der Waals surface area contributed by atoms with Crippen LogP contribution in [0, 0.1) is 0 Å². The first-order valence-corrected chi connectivity index (χ1v) is 5.82. The molecule has 0 heterocycles. The molecular formula is C9H18BrNO4. The first-order valence-electron chi connectivity index (χ1n) is 4.70. The van der Waals surface area contributed by atoms with Crippen molar-refractivity contribution in [3.05, 3.63) is 0 Å². The van der Waals surface area contributed by atoms with Crippen molar-refractivity contribution in [1.82, 2.24) is 5.48 Å². The Morgan fingerprint density at radius 1 is 1.27 bits per heavy atom. The van der Waals surface area contributed by atoms with E-state index in [0.717, 1.165) is 5.33 Å². The fourth-order valence-electron chi connectivity index (χ4n) is 0.666. The van der Waals surface area contributed by atoms with E-state index in [2.05, 4.69) is 21.4 Å². The maximum absolute atomic E-state index is 11.0. The quantitative estimate of drug-likeness (QED) is 0.459. The lowest BCUT2D eigenvalue weighted by Crippen LogP contribution is -2.33. The summed E-state index contributed by atoms with van der Waals surface area (Å²) < 4.78 is 10.0. The fourth-order valence-corrected chi connectivity index (χ4v) is 0.895. The molecule has 0 aromatic heterocycles. The highest BCUT2D eigenvalue weighted by Gasteiger charge is 2.15. The van der Waals surface area contributed by atoms with Crippen molar-refractivity contribution in [3.63, 3.8) is 0 Å². The van der Waals surface area contributed by atoms with Crippen LogP contribution in [0.1, 0.15) is 20.8 Å². The molecule has 0 aliphatic rings. The van der Waals surface area contributed by atoms with E-state index in [1.165, 1.54) is 0 Å². The minimum absolute atomic E-state index is 0.298. The van der Waals surface area contributed by atoms with Crippen LogP contribution < -0.4 is 5.48 Å². The van der Waals surface area contributed by atoms with E-state index in [1.54, 1.807) is 20.8 Å². The van der Waals surface area contributed by atoms with Crippen LogP contribution in [0.4, 0.5) is 4.79 Å². The second-order valence-corrected chi connectivity index (χ2v) is 4.55. The molecule has 5 nitrogen and oxygen atoms in total. The molecular weight excluding hydrogens is 266 g/mol. The van der Waals surface area contributed by atoms with Gasteiger partial charge in [0.15, 0.2) is 0 Å². The highest BCUT2D eigenvalue weighted by molar-refractivity contribution is 9.09. The lowest BCUT2D eigenvalue weighted by atomic mass is 10.2. The Balaban J connectivity index is 3.32. The van der Waals surface area contributed by atoms with Crippen molar-refractivity contribution in [3.8, 4) is 0 Å². The lowest BCUT2D eigenvalue weighted by Gasteiger charge is -2.19. The minimum Gasteiger partial charge on any atom is -0.442 e. The molecule has 1 amide bonds. The zero-order valence-electron chi connectivity index (χ0n) is 9.34. The van der Waals surface area contributed by atoms with Gasteiger partial charge in [-0.2, -0.15) is 5.48 Å². The normalized spacial score (nSPS) is 11.2. The topological polar surface area (TPSA) is 56.8 Å². The van der Waals surface area contributed by atoms with E-state index in [4.69, 9.17) is 14.3 Å². The second kappa shape index (κ2) is 7.90. The average Bonchev–Trinajstić information content (AvgIpc) is 2.08. The van der Waals surface area contributed by atoms with Gasteiger partial charge in [-0.15, -0.1) is 0 Å². The van der Waals surface area contributed by atoms with Gasteiger partial charge in [0.1, 0.15) is 5.60 Å². The van der Waals surface area contributed by atoms with Crippen LogP contribution in [-0.2, 0) is 14.3 Å². The van der Waals surface area contributed by atoms with Gasteiger partial charge in [-0.05, 0) is 20.8 Å². The summed E-state index contributed by atoms with van der Waals surface area (Å²) in [5.74, 6) is 0. The van der Waals surface area contributed by atoms with Gasteiger partial charge in [-0.25, -0.2) is 4.79 Å². The van der Waals surface area contributed by atoms with Crippen molar-refractivity contribution in [1.29, 1.82) is 0 Å². The molecule has 90 valence electrons. The Hall–Kier alpha value is -0.330. The van der Waals surface area contributed by atoms with E-state index in [0.29, 0.717) is 19.8 Å². The van der Waals surface area contributed by atoms with E-state index >= 15 is 0 Å². The summed E-state index contributed by atoms with van der Waals surface area (Å²) in [5, 5.41) is 0.784. The molecule has 0 aromatic carbocycles. The van der Waals surface area contributed by atoms with Crippen LogP contribution in [0.3, 0.4) is 0 Å². The van der Waals surface area contributed by atoms with E-state index in [-0.39, 0.29) is 0 Å². The summed E-state index contributed by atoms with van der Waals surface area (Å²) in [5.41, 5.74) is 1.65. The molecule has 0 saturated carbocycles. The summed E-state index contributed by atoms with van der Waals surface area (Å²) in [6, 6.07) is 0. The van der Waals surface area contributed by atoms with Crippen LogP contribution in [0.25, 0.3) is 0 Å². The van der Waals surface area contributed by atoms with Gasteiger partial charge in [0, 0.05) is 5.33 Å². The van der Waals surface area contributed by atoms with E-state index < -0.39 is 11.7 Å². The zero-order valence-corrected chi connectivity index (χ0v) is 10.9. The molecule has 0 spiro atoms. The number of hydrogen-bond acceptors (Lipinski definition) is 4. The molecule has 0 aliphatic carbocycles. The fraction of sp³-hybridized carbons (Fsp3) is 0.889. The number of nitrogens with one attached hydrogen (secondary N) is 1. The standard InChI is InChI=1S/C9H18BrNO4/c1-9(2,3)15-8(12)11-14-7-6-13-5-4-10/h4-7H2,1-3H3,(H,11,12). The Labute approximate surface area is 98.5 Å². The number of amides is 1. The number of ether oxygens (including phenoxy) is 2. The smallest absolute Gasteiger partial charge is 0.431 e. The number of carbonyl (C=O) groups excluding carboxylic acids is 1. The molecule has 0 saturated heterocycles. The predicted molar refractivity (Wildman–Crippen MR) is 59.9 cm³/mol. The second-order valence-electron chi connectivity index (χ2n) is 3.75. The summed E-state index contributed by atoms with van der Waals surface area (Å²) in [4.78, 5) is 15.9. The van der Waals surface area contributed by atoms with Crippen molar-refractivity contribution in [2.24, 2.45) is 0 Å². The SMILES string of the molecule is CC(C)(C)OC(=O)NOCCOCCBr. The van der Waals surface area contributed by atoms with E-state index in [9.17, 15) is 4.79 Å². The highest BCUT2D eigenvalue weighted by Crippen LogP contribution is 2.06. The van der Waals surface area contributed by atoms with Gasteiger partial charge in [-0.3, -0.25) is 4.84 Å². The van der Waals surface area contributed by atoms with Gasteiger partial charge >= 0.3 is 6.09 Å². The third-order valence-electron chi connectivity index (χ3n) is 1.11. The Kier molecular flexibility index (Phi) is 7.72. The van der Waals surface area contributed by atoms with Crippen LogP contribution in [0.5, 0.6) is 0 Å². The van der Waals surface area contributed by atoms with Crippen LogP contribution in [0.15, 0.2) is 0 Å². The summed E-state index contributed by atoms with van der Waals surface area (Å²) in [6.07, 6.45) is -0.594. The van der Waals surface area contributed by atoms with Gasteiger partial charge in [-0.1, -0.05) is 15.9 Å². The number of alkyl halides is 1. The predicted octanol–water partition coefficient (Wildman–Crippen LogP) is 1.85. The Morgan fingerprint density at radius 3 is 2.47 bits per heavy atom. The number of halogens is 1. The zero-order chi connectivity index (χ0) is 11.7. The third kappa shape index (κ3) is 11.6. The molecule has 0 radical (unpaired) electrons. The molecule has 1 N–H and O–H groups in total. The number of carbonyl (C=O) groups is 1. The molecule has 0 aliphatic heterocycles. The van der Waals surface area contributed by atoms with Crippen molar-refractivity contribution in [2.45, 2.75) is 26.4 Å². The van der Waals surface area contributed by atoms with Gasteiger partial charge in [0.05, 0.1) is 19.8 Å². The Bertz CT molecular complexity index is 181. The average molecular weight is 284 g/mol. The molecule has 0 atom stereocenters. The summed E-state index contributed by atoms with van der Waals surface area (Å²) >= 11 is 3.22. The van der Waals surface area contributed by atoms with E-state index in [1.807, 2.05) is 0 Å². The van der Waals surface area contributed by atoms with Gasteiger partial charge in [0.2, 0.25) is 0 Å². The number of hydroxylamine groups is 1. The molecule has 15 heavy (non-hydrogen) atoms. The monoisotopic (exact) mass is 283 g/mol. The minimum atomic E-state index is -0.594. The summed E-state index contributed by atoms with van der Waals surface area (Å²) in [6.45, 7) is 6.70. The molecule has 0 fully saturated rings. The number of hydrogen-bond donors (Lipinski definition) is 1. The van der Waals surface area contributed by atoms with Gasteiger partial charge < -0.3 is 9.47 Å². The lowest BCUT2D eigenvalue weighted by molar-refractivity contribution is -0.0246. The maximum atomic E-state index is 11.0. The van der Waals surface area contributed by atoms with Gasteiger partial charge in [0.25, 0.3) is 0 Å². The van der Waals surface area contributed by atoms with Crippen molar-refractivity contribution >= 4 is 22.0 Å². The third-order valence-corrected chi connectivity index (χ3v) is 1.43. The molecule has 0 bridgehead atoms. The molecule has 0 aromatic rings. The highest BCUT2D eigenvalue weighted by atomic mass is 79.9. The van der Waals surface area contributed by atoms with Crippen LogP contribution in [-0.4, -0.2) is 36.8 Å². The van der Waals surface area contributed by atoms with Crippen LogP contribution >= 0.6 is 15.9 Å².